The number of aliphatic carboxylic acids is 1. The fourth-order valence-corrected chi connectivity index (χ4v) is 5.45. The van der Waals surface area contributed by atoms with Crippen molar-refractivity contribution in [3.63, 3.8) is 0 Å². The van der Waals surface area contributed by atoms with Crippen molar-refractivity contribution in [1.29, 1.82) is 0 Å². The summed E-state index contributed by atoms with van der Waals surface area (Å²) in [6.07, 6.45) is 0.622. The van der Waals surface area contributed by atoms with Gasteiger partial charge in [-0.25, -0.2) is 9.59 Å². The van der Waals surface area contributed by atoms with Crippen LogP contribution in [0.2, 0.25) is 0 Å². The van der Waals surface area contributed by atoms with Crippen molar-refractivity contribution in [2.45, 2.75) is 37.3 Å². The Bertz CT molecular complexity index is 1060. The van der Waals surface area contributed by atoms with Crippen LogP contribution in [0.3, 0.4) is 0 Å². The van der Waals surface area contributed by atoms with Gasteiger partial charge in [-0.05, 0) is 35.1 Å². The van der Waals surface area contributed by atoms with Gasteiger partial charge in [0.2, 0.25) is 5.91 Å². The highest BCUT2D eigenvalue weighted by molar-refractivity contribution is 5.82. The van der Waals surface area contributed by atoms with Gasteiger partial charge in [-0.2, -0.15) is 0 Å². The molecule has 8 heteroatoms. The molecule has 1 heterocycles. The maximum Gasteiger partial charge on any atom is 0.407 e. The van der Waals surface area contributed by atoms with Crippen molar-refractivity contribution >= 4 is 18.0 Å². The Labute approximate surface area is 197 Å². The van der Waals surface area contributed by atoms with E-state index in [4.69, 9.17) is 9.47 Å². The molecule has 2 amide bonds. The van der Waals surface area contributed by atoms with Crippen molar-refractivity contribution in [2.75, 3.05) is 26.3 Å². The summed E-state index contributed by atoms with van der Waals surface area (Å²) in [5.74, 6) is -1.61. The van der Waals surface area contributed by atoms with Crippen molar-refractivity contribution in [3.05, 3.63) is 59.7 Å². The first kappa shape index (κ1) is 22.4. The Morgan fingerprint density at radius 3 is 2.38 bits per heavy atom. The van der Waals surface area contributed by atoms with Crippen LogP contribution in [0, 0.1) is 5.92 Å². The van der Waals surface area contributed by atoms with Crippen LogP contribution in [0.15, 0.2) is 48.5 Å². The third kappa shape index (κ3) is 4.25. The quantitative estimate of drug-likeness (QED) is 0.705. The average molecular weight is 465 g/mol. The van der Waals surface area contributed by atoms with Gasteiger partial charge >= 0.3 is 12.1 Å². The first-order valence-electron chi connectivity index (χ1n) is 11.8. The van der Waals surface area contributed by atoms with Gasteiger partial charge in [-0.15, -0.1) is 0 Å². The highest BCUT2D eigenvalue weighted by Gasteiger charge is 2.39. The first-order chi connectivity index (χ1) is 16.5. The van der Waals surface area contributed by atoms with Crippen LogP contribution < -0.4 is 5.32 Å². The highest BCUT2D eigenvalue weighted by atomic mass is 16.5. The summed E-state index contributed by atoms with van der Waals surface area (Å²) in [5, 5.41) is 12.1. The number of carboxylic acid groups (broad SMARTS) is 1. The fraction of sp³-hybridized carbons (Fsp3) is 0.423. The topological polar surface area (TPSA) is 105 Å². The number of hydrogen-bond donors (Lipinski definition) is 2. The first-order valence-corrected chi connectivity index (χ1v) is 11.8. The number of nitrogens with one attached hydrogen (secondary N) is 1. The molecule has 178 valence electrons. The van der Waals surface area contributed by atoms with E-state index >= 15 is 0 Å². The lowest BCUT2D eigenvalue weighted by molar-refractivity contribution is -0.160. The van der Waals surface area contributed by atoms with Crippen LogP contribution in [-0.4, -0.2) is 66.4 Å². The summed E-state index contributed by atoms with van der Waals surface area (Å²) in [6, 6.07) is 16.0. The zero-order valence-corrected chi connectivity index (χ0v) is 18.8. The van der Waals surface area contributed by atoms with E-state index in [9.17, 15) is 19.5 Å². The van der Waals surface area contributed by atoms with E-state index in [0.717, 1.165) is 17.5 Å². The van der Waals surface area contributed by atoms with Crippen LogP contribution in [0.4, 0.5) is 4.79 Å². The van der Waals surface area contributed by atoms with Crippen molar-refractivity contribution in [1.82, 2.24) is 10.2 Å². The minimum atomic E-state index is -1.07. The predicted octanol–water partition coefficient (Wildman–Crippen LogP) is 3.01. The molecule has 1 aliphatic heterocycles. The number of morpholine rings is 1. The molecule has 2 aromatic rings. The predicted molar refractivity (Wildman–Crippen MR) is 123 cm³/mol. The second-order valence-electron chi connectivity index (χ2n) is 9.10. The van der Waals surface area contributed by atoms with Crippen LogP contribution in [-0.2, 0) is 19.1 Å². The van der Waals surface area contributed by atoms with E-state index in [0.29, 0.717) is 19.4 Å². The van der Waals surface area contributed by atoms with Crippen molar-refractivity contribution < 1.29 is 29.0 Å². The number of ether oxygens (including phenoxy) is 2. The van der Waals surface area contributed by atoms with E-state index in [-0.39, 0.29) is 43.5 Å². The average Bonchev–Trinajstić information content (AvgIpc) is 3.44. The molecule has 3 aliphatic rings. The third-order valence-electron chi connectivity index (χ3n) is 7.13. The van der Waals surface area contributed by atoms with Crippen LogP contribution >= 0.6 is 0 Å². The molecule has 2 N–H and O–H groups in total. The summed E-state index contributed by atoms with van der Waals surface area (Å²) >= 11 is 0. The largest absolute Gasteiger partial charge is 0.479 e. The number of alkyl carbamates (subject to hydrolysis) is 1. The van der Waals surface area contributed by atoms with Gasteiger partial charge < -0.3 is 24.8 Å². The minimum Gasteiger partial charge on any atom is -0.479 e. The smallest absolute Gasteiger partial charge is 0.407 e. The SMILES string of the molecule is O=C(N[C@@H]1CCC[C@@H]1C(=O)N1CCOC(C(=O)O)C1)OCC1c2ccccc2-c2ccccc21. The maximum atomic E-state index is 13.1. The second kappa shape index (κ2) is 9.46. The van der Waals surface area contributed by atoms with Gasteiger partial charge in [0, 0.05) is 18.5 Å². The lowest BCUT2D eigenvalue weighted by Crippen LogP contribution is -2.52. The Kier molecular flexibility index (Phi) is 6.24. The number of rotatable bonds is 5. The Morgan fingerprint density at radius 1 is 1.03 bits per heavy atom. The number of hydrogen-bond acceptors (Lipinski definition) is 5. The molecule has 2 aromatic carbocycles. The zero-order valence-electron chi connectivity index (χ0n) is 18.8. The summed E-state index contributed by atoms with van der Waals surface area (Å²) < 4.78 is 10.9. The van der Waals surface area contributed by atoms with Crippen LogP contribution in [0.5, 0.6) is 0 Å². The van der Waals surface area contributed by atoms with E-state index < -0.39 is 18.2 Å². The van der Waals surface area contributed by atoms with Crippen molar-refractivity contribution in [2.24, 2.45) is 5.92 Å². The van der Waals surface area contributed by atoms with Gasteiger partial charge in [-0.1, -0.05) is 55.0 Å². The molecule has 0 bridgehead atoms. The number of carboxylic acids is 1. The van der Waals surface area contributed by atoms with E-state index in [2.05, 4.69) is 29.6 Å². The van der Waals surface area contributed by atoms with Crippen LogP contribution in [0.25, 0.3) is 11.1 Å². The number of benzene rings is 2. The lowest BCUT2D eigenvalue weighted by atomic mass is 9.98. The van der Waals surface area contributed by atoms with Crippen LogP contribution in [0.1, 0.15) is 36.3 Å². The van der Waals surface area contributed by atoms with Gasteiger partial charge in [0.25, 0.3) is 0 Å². The molecule has 2 aliphatic carbocycles. The molecular formula is C26H28N2O6. The molecule has 0 radical (unpaired) electrons. The summed E-state index contributed by atoms with van der Waals surface area (Å²) in [7, 11) is 0. The number of fused-ring (bicyclic) bond motifs is 3. The van der Waals surface area contributed by atoms with Gasteiger partial charge in [0.1, 0.15) is 6.61 Å². The number of amides is 2. The van der Waals surface area contributed by atoms with Gasteiger partial charge in [0.05, 0.1) is 19.1 Å². The van der Waals surface area contributed by atoms with Crippen molar-refractivity contribution in [3.8, 4) is 11.1 Å². The Morgan fingerprint density at radius 2 is 1.71 bits per heavy atom. The van der Waals surface area contributed by atoms with E-state index in [1.165, 1.54) is 11.1 Å². The second-order valence-corrected chi connectivity index (χ2v) is 9.10. The minimum absolute atomic E-state index is 0.0274. The Hall–Kier alpha value is -3.39. The molecule has 1 unspecified atom stereocenters. The number of carbonyl (C=O) groups is 3. The third-order valence-corrected chi connectivity index (χ3v) is 7.13. The molecule has 1 saturated carbocycles. The normalized spacial score (nSPS) is 23.8. The molecule has 0 aromatic heterocycles. The lowest BCUT2D eigenvalue weighted by Gasteiger charge is -2.34. The van der Waals surface area contributed by atoms with Gasteiger partial charge in [0.15, 0.2) is 6.10 Å². The van der Waals surface area contributed by atoms with Gasteiger partial charge in [-0.3, -0.25) is 4.79 Å². The Balaban J connectivity index is 1.20. The zero-order chi connectivity index (χ0) is 23.7. The molecule has 1 saturated heterocycles. The number of nitrogens with zero attached hydrogens (tertiary/aromatic N) is 1. The monoisotopic (exact) mass is 464 g/mol. The summed E-state index contributed by atoms with van der Waals surface area (Å²) in [6.45, 7) is 0.800. The molecule has 0 spiro atoms. The molecular weight excluding hydrogens is 436 g/mol. The summed E-state index contributed by atoms with van der Waals surface area (Å²) in [4.78, 5) is 38.6. The number of carbonyl (C=O) groups excluding carboxylic acids is 2. The molecule has 34 heavy (non-hydrogen) atoms. The molecule has 5 rings (SSSR count). The summed E-state index contributed by atoms with van der Waals surface area (Å²) in [5.41, 5.74) is 4.62. The highest BCUT2D eigenvalue weighted by Crippen LogP contribution is 2.44. The standard InChI is InChI=1S/C26H28N2O6/c29-24(28-12-13-33-23(14-28)25(30)31)20-10-5-11-22(20)27-26(32)34-15-21-18-8-3-1-6-16(18)17-7-2-4-9-19(17)21/h1-4,6-9,20-23H,5,10-15H2,(H,27,32)(H,30,31)/t20-,22+,23?/m0/s1. The molecule has 8 nitrogen and oxygen atoms in total. The molecule has 3 atom stereocenters. The molecule has 2 fully saturated rings. The van der Waals surface area contributed by atoms with E-state index in [1.54, 1.807) is 4.90 Å². The maximum absolute atomic E-state index is 13.1. The fourth-order valence-electron chi connectivity index (χ4n) is 5.45. The van der Waals surface area contributed by atoms with E-state index in [1.807, 2.05) is 24.3 Å².